The van der Waals surface area contributed by atoms with Gasteiger partial charge in [-0.15, -0.1) is 0 Å². The Labute approximate surface area is 188 Å². The fourth-order valence-corrected chi connectivity index (χ4v) is 2.99. The summed E-state index contributed by atoms with van der Waals surface area (Å²) >= 11 is 0. The van der Waals surface area contributed by atoms with E-state index in [1.165, 1.54) is 12.1 Å². The molecule has 0 unspecified atom stereocenters. The third-order valence-electron chi connectivity index (χ3n) is 4.67. The van der Waals surface area contributed by atoms with Crippen molar-refractivity contribution >= 4 is 23.1 Å². The van der Waals surface area contributed by atoms with Gasteiger partial charge in [0.15, 0.2) is 0 Å². The number of carboxylic acid groups (broad SMARTS) is 1. The van der Waals surface area contributed by atoms with Crippen LogP contribution in [-0.4, -0.2) is 30.2 Å². The van der Waals surface area contributed by atoms with E-state index in [1.54, 1.807) is 43.3 Å². The SMILES string of the molecule is CCCCCOc1ccc(/C(C)=C/C(=O)Nc2ccccc2OCCCC(=O)O)c(F)c1. The minimum absolute atomic E-state index is 0.00456. The zero-order valence-electron chi connectivity index (χ0n) is 18.5. The fraction of sp³-hybridized carbons (Fsp3) is 0.360. The third kappa shape index (κ3) is 8.41. The lowest BCUT2D eigenvalue weighted by Crippen LogP contribution is -2.11. The van der Waals surface area contributed by atoms with E-state index in [0.717, 1.165) is 19.3 Å². The van der Waals surface area contributed by atoms with Crippen LogP contribution < -0.4 is 14.8 Å². The Bertz CT molecular complexity index is 942. The molecule has 0 spiro atoms. The zero-order chi connectivity index (χ0) is 23.3. The normalized spacial score (nSPS) is 11.2. The number of hydrogen-bond donors (Lipinski definition) is 2. The zero-order valence-corrected chi connectivity index (χ0v) is 18.5. The molecule has 0 saturated carbocycles. The van der Waals surface area contributed by atoms with Gasteiger partial charge in [-0.3, -0.25) is 9.59 Å². The maximum Gasteiger partial charge on any atom is 0.303 e. The first kappa shape index (κ1) is 24.9. The van der Waals surface area contributed by atoms with Gasteiger partial charge in [-0.1, -0.05) is 31.9 Å². The highest BCUT2D eigenvalue weighted by Gasteiger charge is 2.10. The number of unbranched alkanes of at least 4 members (excludes halogenated alkanes) is 2. The number of anilines is 1. The van der Waals surface area contributed by atoms with Gasteiger partial charge in [0.05, 0.1) is 18.9 Å². The van der Waals surface area contributed by atoms with Gasteiger partial charge in [-0.05, 0) is 49.6 Å². The number of benzene rings is 2. The van der Waals surface area contributed by atoms with E-state index in [1.807, 2.05) is 0 Å². The number of allylic oxidation sites excluding steroid dienone is 1. The first-order chi connectivity index (χ1) is 15.4. The topological polar surface area (TPSA) is 84.9 Å². The first-order valence-corrected chi connectivity index (χ1v) is 10.8. The maximum atomic E-state index is 14.5. The van der Waals surface area contributed by atoms with Crippen LogP contribution >= 0.6 is 0 Å². The molecule has 0 saturated heterocycles. The van der Waals surface area contributed by atoms with E-state index in [-0.39, 0.29) is 13.0 Å². The van der Waals surface area contributed by atoms with Crippen LogP contribution in [0.3, 0.4) is 0 Å². The van der Waals surface area contributed by atoms with E-state index < -0.39 is 17.7 Å². The number of nitrogens with one attached hydrogen (secondary N) is 1. The summed E-state index contributed by atoms with van der Waals surface area (Å²) in [7, 11) is 0. The largest absolute Gasteiger partial charge is 0.493 e. The lowest BCUT2D eigenvalue weighted by atomic mass is 10.1. The standard InChI is InChI=1S/C25H30FNO5/c1-3-4-7-14-31-19-12-13-20(21(26)17-19)18(2)16-24(28)27-22-9-5-6-10-23(22)32-15-8-11-25(29)30/h5-6,9-10,12-13,16-17H,3-4,7-8,11,14-15H2,1-2H3,(H,27,28)(H,29,30)/b18-16+. The van der Waals surface area contributed by atoms with Gasteiger partial charge in [-0.25, -0.2) is 4.39 Å². The average Bonchev–Trinajstić information content (AvgIpc) is 2.75. The lowest BCUT2D eigenvalue weighted by molar-refractivity contribution is -0.137. The number of carbonyl (C=O) groups is 2. The van der Waals surface area contributed by atoms with Crippen molar-refractivity contribution in [3.8, 4) is 11.5 Å². The summed E-state index contributed by atoms with van der Waals surface area (Å²) in [5, 5.41) is 11.4. The summed E-state index contributed by atoms with van der Waals surface area (Å²) in [5.41, 5.74) is 1.24. The molecule has 172 valence electrons. The van der Waals surface area contributed by atoms with Gasteiger partial charge < -0.3 is 19.9 Å². The summed E-state index contributed by atoms with van der Waals surface area (Å²) in [4.78, 5) is 23.1. The van der Waals surface area contributed by atoms with Gasteiger partial charge in [0, 0.05) is 24.1 Å². The van der Waals surface area contributed by atoms with E-state index in [2.05, 4.69) is 12.2 Å². The van der Waals surface area contributed by atoms with Crippen LogP contribution in [0.15, 0.2) is 48.5 Å². The Morgan fingerprint density at radius 1 is 1.06 bits per heavy atom. The first-order valence-electron chi connectivity index (χ1n) is 10.8. The van der Waals surface area contributed by atoms with E-state index in [0.29, 0.717) is 41.4 Å². The van der Waals surface area contributed by atoms with Crippen LogP contribution in [0.25, 0.3) is 5.57 Å². The fourth-order valence-electron chi connectivity index (χ4n) is 2.99. The molecule has 0 bridgehead atoms. The monoisotopic (exact) mass is 443 g/mol. The Morgan fingerprint density at radius 2 is 1.81 bits per heavy atom. The summed E-state index contributed by atoms with van der Waals surface area (Å²) in [6, 6.07) is 11.5. The molecule has 0 heterocycles. The molecule has 1 amide bonds. The van der Waals surface area contributed by atoms with E-state index >= 15 is 0 Å². The second-order valence-corrected chi connectivity index (χ2v) is 7.36. The Balaban J connectivity index is 1.99. The van der Waals surface area contributed by atoms with Crippen LogP contribution in [0.4, 0.5) is 10.1 Å². The predicted octanol–water partition coefficient (Wildman–Crippen LogP) is 5.68. The van der Waals surface area contributed by atoms with Gasteiger partial charge in [0.2, 0.25) is 5.91 Å². The molecular formula is C25H30FNO5. The van der Waals surface area contributed by atoms with Crippen molar-refractivity contribution in [1.29, 1.82) is 0 Å². The van der Waals surface area contributed by atoms with Gasteiger partial charge >= 0.3 is 5.97 Å². The van der Waals surface area contributed by atoms with Crippen molar-refractivity contribution in [2.45, 2.75) is 46.0 Å². The van der Waals surface area contributed by atoms with Crippen LogP contribution in [0.2, 0.25) is 0 Å². The van der Waals surface area contributed by atoms with Crippen molar-refractivity contribution < 1.29 is 28.6 Å². The van der Waals surface area contributed by atoms with Crippen LogP contribution in [0.1, 0.15) is 51.5 Å². The minimum atomic E-state index is -0.890. The minimum Gasteiger partial charge on any atom is -0.493 e. The Kier molecular flexibility index (Phi) is 10.2. The second-order valence-electron chi connectivity index (χ2n) is 7.36. The highest BCUT2D eigenvalue weighted by Crippen LogP contribution is 2.26. The van der Waals surface area contributed by atoms with Gasteiger partial charge in [0.25, 0.3) is 0 Å². The molecule has 6 nitrogen and oxygen atoms in total. The van der Waals surface area contributed by atoms with E-state index in [4.69, 9.17) is 14.6 Å². The maximum absolute atomic E-state index is 14.5. The number of aliphatic carboxylic acids is 1. The summed E-state index contributed by atoms with van der Waals surface area (Å²) in [6.07, 6.45) is 4.75. The summed E-state index contributed by atoms with van der Waals surface area (Å²) < 4.78 is 25.7. The quantitative estimate of drug-likeness (QED) is 0.307. The predicted molar refractivity (Wildman–Crippen MR) is 123 cm³/mol. The smallest absolute Gasteiger partial charge is 0.303 e. The van der Waals surface area contributed by atoms with Crippen molar-refractivity contribution in [2.75, 3.05) is 18.5 Å². The molecule has 2 N–H and O–H groups in total. The lowest BCUT2D eigenvalue weighted by Gasteiger charge is -2.12. The molecule has 0 fully saturated rings. The number of ether oxygens (including phenoxy) is 2. The average molecular weight is 444 g/mol. The van der Waals surface area contributed by atoms with Crippen molar-refractivity contribution in [1.82, 2.24) is 0 Å². The third-order valence-corrected chi connectivity index (χ3v) is 4.67. The second kappa shape index (κ2) is 13.1. The molecule has 2 aromatic rings. The molecule has 0 aromatic heterocycles. The number of carbonyl (C=O) groups excluding carboxylic acids is 1. The number of hydrogen-bond acceptors (Lipinski definition) is 4. The Hall–Kier alpha value is -3.35. The molecule has 2 rings (SSSR count). The summed E-state index contributed by atoms with van der Waals surface area (Å²) in [5.74, 6) is -0.870. The number of halogens is 1. The molecule has 32 heavy (non-hydrogen) atoms. The highest BCUT2D eigenvalue weighted by atomic mass is 19.1. The number of para-hydroxylation sites is 2. The van der Waals surface area contributed by atoms with Crippen LogP contribution in [0, 0.1) is 5.82 Å². The highest BCUT2D eigenvalue weighted by molar-refractivity contribution is 6.04. The molecule has 0 radical (unpaired) electrons. The molecule has 0 aliphatic rings. The van der Waals surface area contributed by atoms with Gasteiger partial charge in [-0.2, -0.15) is 0 Å². The van der Waals surface area contributed by atoms with E-state index in [9.17, 15) is 14.0 Å². The molecule has 0 atom stereocenters. The van der Waals surface area contributed by atoms with Gasteiger partial charge in [0.1, 0.15) is 17.3 Å². The molecule has 0 aliphatic carbocycles. The molecule has 0 aliphatic heterocycles. The summed E-state index contributed by atoms with van der Waals surface area (Å²) in [6.45, 7) is 4.52. The Morgan fingerprint density at radius 3 is 2.53 bits per heavy atom. The molecular weight excluding hydrogens is 413 g/mol. The number of rotatable bonds is 13. The van der Waals surface area contributed by atoms with Crippen LogP contribution in [0.5, 0.6) is 11.5 Å². The van der Waals surface area contributed by atoms with Crippen LogP contribution in [-0.2, 0) is 9.59 Å². The molecule has 7 heteroatoms. The molecule has 2 aromatic carbocycles. The number of amides is 1. The van der Waals surface area contributed by atoms with Crippen molar-refractivity contribution in [3.05, 3.63) is 59.9 Å². The van der Waals surface area contributed by atoms with Crippen molar-refractivity contribution in [3.63, 3.8) is 0 Å². The number of carboxylic acids is 1. The van der Waals surface area contributed by atoms with Crippen molar-refractivity contribution in [2.24, 2.45) is 0 Å².